The highest BCUT2D eigenvalue weighted by molar-refractivity contribution is 14.1. The van der Waals surface area contributed by atoms with Crippen molar-refractivity contribution in [3.63, 3.8) is 0 Å². The number of benzene rings is 1. The van der Waals surface area contributed by atoms with Gasteiger partial charge in [-0.15, -0.1) is 11.6 Å². The van der Waals surface area contributed by atoms with Crippen LogP contribution in [0.3, 0.4) is 0 Å². The van der Waals surface area contributed by atoms with E-state index in [1.54, 1.807) is 6.07 Å². The molecule has 1 atom stereocenters. The van der Waals surface area contributed by atoms with Crippen LogP contribution in [-0.2, 0) is 0 Å². The van der Waals surface area contributed by atoms with Crippen LogP contribution in [0.25, 0.3) is 0 Å². The van der Waals surface area contributed by atoms with Gasteiger partial charge in [-0.3, -0.25) is 4.79 Å². The summed E-state index contributed by atoms with van der Waals surface area (Å²) >= 11 is 8.09. The molecule has 1 rings (SSSR count). The number of amides is 1. The van der Waals surface area contributed by atoms with Gasteiger partial charge in [0.2, 0.25) is 0 Å². The molecule has 15 heavy (non-hydrogen) atoms. The van der Waals surface area contributed by atoms with E-state index in [1.807, 2.05) is 25.1 Å². The fourth-order valence-electron chi connectivity index (χ4n) is 1.08. The summed E-state index contributed by atoms with van der Waals surface area (Å²) in [5, 5.41) is 2.81. The van der Waals surface area contributed by atoms with Gasteiger partial charge in [0.25, 0.3) is 5.91 Å². The minimum absolute atomic E-state index is 0.0109. The van der Waals surface area contributed by atoms with Crippen LogP contribution in [0.4, 0.5) is 0 Å². The molecule has 82 valence electrons. The zero-order chi connectivity index (χ0) is 11.3. The lowest BCUT2D eigenvalue weighted by Crippen LogP contribution is -2.29. The molecule has 1 N–H and O–H groups in total. The highest BCUT2D eigenvalue weighted by Crippen LogP contribution is 2.08. The van der Waals surface area contributed by atoms with E-state index in [9.17, 15) is 4.79 Å². The first-order chi connectivity index (χ1) is 7.13. The Bertz CT molecular complexity index is 343. The molecule has 1 amide bonds. The van der Waals surface area contributed by atoms with Gasteiger partial charge in [0, 0.05) is 15.7 Å². The molecule has 0 saturated carbocycles. The lowest BCUT2D eigenvalue weighted by Gasteiger charge is -2.08. The van der Waals surface area contributed by atoms with Crippen LogP contribution in [-0.4, -0.2) is 17.8 Å². The van der Waals surface area contributed by atoms with Gasteiger partial charge in [0.05, 0.1) is 5.38 Å². The molecular formula is C11H13ClINO. The van der Waals surface area contributed by atoms with Gasteiger partial charge in [0.15, 0.2) is 0 Å². The number of carbonyl (C=O) groups excluding carboxylic acids is 1. The Morgan fingerprint density at radius 3 is 2.93 bits per heavy atom. The van der Waals surface area contributed by atoms with Gasteiger partial charge in [-0.1, -0.05) is 13.0 Å². The summed E-state index contributed by atoms with van der Waals surface area (Å²) < 4.78 is 1.05. The SMILES string of the molecule is CCC(Cl)CNC(=O)c1cccc(I)c1. The van der Waals surface area contributed by atoms with Crippen molar-refractivity contribution in [3.8, 4) is 0 Å². The fraction of sp³-hybridized carbons (Fsp3) is 0.364. The van der Waals surface area contributed by atoms with Crippen LogP contribution < -0.4 is 5.32 Å². The Morgan fingerprint density at radius 2 is 2.33 bits per heavy atom. The van der Waals surface area contributed by atoms with Gasteiger partial charge in [-0.25, -0.2) is 0 Å². The number of rotatable bonds is 4. The second-order valence-corrected chi connectivity index (χ2v) is 5.09. The van der Waals surface area contributed by atoms with Crippen LogP contribution in [0.5, 0.6) is 0 Å². The molecule has 0 radical (unpaired) electrons. The topological polar surface area (TPSA) is 29.1 Å². The van der Waals surface area contributed by atoms with Crippen molar-refractivity contribution in [1.82, 2.24) is 5.32 Å². The molecular weight excluding hydrogens is 324 g/mol. The quantitative estimate of drug-likeness (QED) is 0.664. The summed E-state index contributed by atoms with van der Waals surface area (Å²) in [5.41, 5.74) is 0.682. The first-order valence-electron chi connectivity index (χ1n) is 4.81. The smallest absolute Gasteiger partial charge is 0.251 e. The summed E-state index contributed by atoms with van der Waals surface area (Å²) in [6, 6.07) is 7.47. The van der Waals surface area contributed by atoms with E-state index < -0.39 is 0 Å². The lowest BCUT2D eigenvalue weighted by molar-refractivity contribution is 0.0953. The van der Waals surface area contributed by atoms with Crippen molar-refractivity contribution in [2.75, 3.05) is 6.54 Å². The number of nitrogens with one attached hydrogen (secondary N) is 1. The predicted molar refractivity (Wildman–Crippen MR) is 71.4 cm³/mol. The molecule has 0 heterocycles. The van der Waals surface area contributed by atoms with Gasteiger partial charge in [0.1, 0.15) is 0 Å². The van der Waals surface area contributed by atoms with E-state index in [-0.39, 0.29) is 11.3 Å². The van der Waals surface area contributed by atoms with E-state index in [2.05, 4.69) is 27.9 Å². The second-order valence-electron chi connectivity index (χ2n) is 3.23. The number of hydrogen-bond donors (Lipinski definition) is 1. The van der Waals surface area contributed by atoms with Crippen molar-refractivity contribution < 1.29 is 4.79 Å². The van der Waals surface area contributed by atoms with E-state index in [0.717, 1.165) is 9.99 Å². The molecule has 1 aromatic carbocycles. The summed E-state index contributed by atoms with van der Waals surface area (Å²) in [5.74, 6) is -0.0624. The molecule has 1 unspecified atom stereocenters. The van der Waals surface area contributed by atoms with Gasteiger partial charge in [-0.2, -0.15) is 0 Å². The number of carbonyl (C=O) groups is 1. The average Bonchev–Trinajstić information content (AvgIpc) is 2.25. The van der Waals surface area contributed by atoms with Crippen molar-refractivity contribution in [2.24, 2.45) is 0 Å². The Balaban J connectivity index is 2.54. The van der Waals surface area contributed by atoms with Crippen LogP contribution >= 0.6 is 34.2 Å². The molecule has 0 aliphatic heterocycles. The summed E-state index contributed by atoms with van der Waals surface area (Å²) in [4.78, 5) is 11.6. The standard InChI is InChI=1S/C11H13ClINO/c1-2-9(12)7-14-11(15)8-4-3-5-10(13)6-8/h3-6,9H,2,7H2,1H3,(H,14,15). The van der Waals surface area contributed by atoms with E-state index in [1.165, 1.54) is 0 Å². The largest absolute Gasteiger partial charge is 0.351 e. The predicted octanol–water partition coefficient (Wildman–Crippen LogP) is 3.04. The summed E-state index contributed by atoms with van der Waals surface area (Å²) in [7, 11) is 0. The lowest BCUT2D eigenvalue weighted by atomic mass is 10.2. The van der Waals surface area contributed by atoms with Crippen molar-refractivity contribution in [1.29, 1.82) is 0 Å². The molecule has 0 saturated heterocycles. The molecule has 0 aliphatic rings. The third kappa shape index (κ3) is 4.38. The second kappa shape index (κ2) is 6.33. The Morgan fingerprint density at radius 1 is 1.60 bits per heavy atom. The minimum Gasteiger partial charge on any atom is -0.351 e. The van der Waals surface area contributed by atoms with Crippen LogP contribution in [0.15, 0.2) is 24.3 Å². The molecule has 0 spiro atoms. The Labute approximate surface area is 109 Å². The average molecular weight is 338 g/mol. The Kier molecular flexibility index (Phi) is 5.39. The normalized spacial score (nSPS) is 12.2. The monoisotopic (exact) mass is 337 g/mol. The first kappa shape index (κ1) is 12.8. The molecule has 0 fully saturated rings. The van der Waals surface area contributed by atoms with Crippen LogP contribution in [0.1, 0.15) is 23.7 Å². The maximum Gasteiger partial charge on any atom is 0.251 e. The third-order valence-corrected chi connectivity index (χ3v) is 3.15. The summed E-state index contributed by atoms with van der Waals surface area (Å²) in [6.45, 7) is 2.51. The van der Waals surface area contributed by atoms with Gasteiger partial charge in [-0.05, 0) is 47.2 Å². The number of halogens is 2. The fourth-order valence-corrected chi connectivity index (χ4v) is 1.70. The van der Waals surface area contributed by atoms with Crippen molar-refractivity contribution in [3.05, 3.63) is 33.4 Å². The van der Waals surface area contributed by atoms with E-state index >= 15 is 0 Å². The number of alkyl halides is 1. The van der Waals surface area contributed by atoms with Gasteiger partial charge >= 0.3 is 0 Å². The minimum atomic E-state index is -0.0624. The molecule has 0 aliphatic carbocycles. The van der Waals surface area contributed by atoms with Crippen molar-refractivity contribution >= 4 is 40.1 Å². The zero-order valence-corrected chi connectivity index (χ0v) is 11.4. The molecule has 2 nitrogen and oxygen atoms in total. The molecule has 4 heteroatoms. The van der Waals surface area contributed by atoms with E-state index in [0.29, 0.717) is 12.1 Å². The highest BCUT2D eigenvalue weighted by atomic mass is 127. The number of hydrogen-bond acceptors (Lipinski definition) is 1. The molecule has 0 aromatic heterocycles. The maximum atomic E-state index is 11.6. The van der Waals surface area contributed by atoms with Crippen molar-refractivity contribution in [2.45, 2.75) is 18.7 Å². The molecule has 0 bridgehead atoms. The highest BCUT2D eigenvalue weighted by Gasteiger charge is 2.07. The maximum absolute atomic E-state index is 11.6. The third-order valence-electron chi connectivity index (χ3n) is 2.01. The van der Waals surface area contributed by atoms with Gasteiger partial charge < -0.3 is 5.32 Å². The van der Waals surface area contributed by atoms with Crippen LogP contribution in [0.2, 0.25) is 0 Å². The summed E-state index contributed by atoms with van der Waals surface area (Å²) in [6.07, 6.45) is 0.855. The van der Waals surface area contributed by atoms with E-state index in [4.69, 9.17) is 11.6 Å². The zero-order valence-electron chi connectivity index (χ0n) is 8.47. The Hall–Kier alpha value is -0.290. The first-order valence-corrected chi connectivity index (χ1v) is 6.33. The van der Waals surface area contributed by atoms with Crippen LogP contribution in [0, 0.1) is 3.57 Å². The molecule has 1 aromatic rings.